The van der Waals surface area contributed by atoms with Crippen LogP contribution in [0.3, 0.4) is 0 Å². The summed E-state index contributed by atoms with van der Waals surface area (Å²) in [5.74, 6) is 0.725. The molecule has 0 atom stereocenters. The van der Waals surface area contributed by atoms with E-state index >= 15 is 0 Å². The minimum absolute atomic E-state index is 0.340. The Balaban J connectivity index is 1.75. The van der Waals surface area contributed by atoms with Gasteiger partial charge in [-0.2, -0.15) is 0 Å². The molecule has 19 heavy (non-hydrogen) atoms. The summed E-state index contributed by atoms with van der Waals surface area (Å²) in [6.45, 7) is 4.75. The number of hydrogen-bond donors (Lipinski definition) is 0. The van der Waals surface area contributed by atoms with E-state index in [0.717, 1.165) is 45.7 Å². The SMILES string of the molecule is CN(CCN1CCOCC1)S(=O)(=O)CC1CCCC1. The predicted octanol–water partition coefficient (Wildman–Crippen LogP) is 0.770. The van der Waals surface area contributed by atoms with Crippen molar-refractivity contribution in [3.05, 3.63) is 0 Å². The third kappa shape index (κ3) is 4.70. The third-order valence-corrected chi connectivity index (χ3v) is 6.26. The van der Waals surface area contributed by atoms with Gasteiger partial charge in [0.2, 0.25) is 10.0 Å². The maximum Gasteiger partial charge on any atom is 0.214 e. The lowest BCUT2D eigenvalue weighted by Crippen LogP contribution is -2.42. The molecule has 0 amide bonds. The maximum absolute atomic E-state index is 12.2. The molecular weight excluding hydrogens is 264 g/mol. The van der Waals surface area contributed by atoms with Gasteiger partial charge in [0.1, 0.15) is 0 Å². The first-order chi connectivity index (χ1) is 9.08. The Kier molecular flexibility index (Phi) is 5.62. The topological polar surface area (TPSA) is 49.9 Å². The number of rotatable bonds is 6. The molecule has 0 aromatic rings. The van der Waals surface area contributed by atoms with Gasteiger partial charge in [-0.25, -0.2) is 12.7 Å². The molecule has 0 radical (unpaired) electrons. The van der Waals surface area contributed by atoms with Crippen molar-refractivity contribution >= 4 is 10.0 Å². The van der Waals surface area contributed by atoms with Gasteiger partial charge in [-0.15, -0.1) is 0 Å². The minimum Gasteiger partial charge on any atom is -0.379 e. The van der Waals surface area contributed by atoms with Crippen LogP contribution in [0.5, 0.6) is 0 Å². The molecule has 0 unspecified atom stereocenters. The van der Waals surface area contributed by atoms with Crippen molar-refractivity contribution in [3.63, 3.8) is 0 Å². The van der Waals surface area contributed by atoms with Gasteiger partial charge in [0.05, 0.1) is 19.0 Å². The molecule has 0 spiro atoms. The lowest BCUT2D eigenvalue weighted by Gasteiger charge is -2.28. The van der Waals surface area contributed by atoms with Crippen molar-refractivity contribution in [1.29, 1.82) is 0 Å². The molecule has 0 aromatic heterocycles. The highest BCUT2D eigenvalue weighted by molar-refractivity contribution is 7.89. The number of nitrogens with zero attached hydrogens (tertiary/aromatic N) is 2. The van der Waals surface area contributed by atoms with Crippen molar-refractivity contribution < 1.29 is 13.2 Å². The summed E-state index contributed by atoms with van der Waals surface area (Å²) in [6.07, 6.45) is 4.54. The van der Waals surface area contributed by atoms with Gasteiger partial charge in [-0.05, 0) is 18.8 Å². The first-order valence-electron chi connectivity index (χ1n) is 7.32. The Bertz CT molecular complexity index is 360. The highest BCUT2D eigenvalue weighted by Gasteiger charge is 2.26. The lowest BCUT2D eigenvalue weighted by molar-refractivity contribution is 0.0368. The van der Waals surface area contributed by atoms with E-state index in [9.17, 15) is 8.42 Å². The van der Waals surface area contributed by atoms with Crippen LogP contribution in [-0.4, -0.2) is 69.8 Å². The van der Waals surface area contributed by atoms with Crippen molar-refractivity contribution in [3.8, 4) is 0 Å². The van der Waals surface area contributed by atoms with Gasteiger partial charge in [-0.3, -0.25) is 4.90 Å². The molecule has 5 nitrogen and oxygen atoms in total. The van der Waals surface area contributed by atoms with E-state index in [1.807, 2.05) is 0 Å². The Morgan fingerprint density at radius 1 is 1.21 bits per heavy atom. The first kappa shape index (κ1) is 15.2. The smallest absolute Gasteiger partial charge is 0.214 e. The normalized spacial score (nSPS) is 23.3. The van der Waals surface area contributed by atoms with Crippen LogP contribution in [0.4, 0.5) is 0 Å². The molecule has 6 heteroatoms. The maximum atomic E-state index is 12.2. The van der Waals surface area contributed by atoms with E-state index in [2.05, 4.69) is 4.90 Å². The monoisotopic (exact) mass is 290 g/mol. The summed E-state index contributed by atoms with van der Waals surface area (Å²) in [5, 5.41) is 0. The van der Waals surface area contributed by atoms with Crippen molar-refractivity contribution in [2.45, 2.75) is 25.7 Å². The Hall–Kier alpha value is -0.170. The fraction of sp³-hybridized carbons (Fsp3) is 1.00. The molecule has 1 aliphatic heterocycles. The van der Waals surface area contributed by atoms with Gasteiger partial charge >= 0.3 is 0 Å². The number of sulfonamides is 1. The van der Waals surface area contributed by atoms with Crippen LogP contribution in [0.2, 0.25) is 0 Å². The van der Waals surface area contributed by atoms with Gasteiger partial charge in [0.25, 0.3) is 0 Å². The quantitative estimate of drug-likeness (QED) is 0.725. The average Bonchev–Trinajstić information content (AvgIpc) is 2.89. The van der Waals surface area contributed by atoms with Gasteiger partial charge in [-0.1, -0.05) is 12.8 Å². The molecule has 2 rings (SSSR count). The summed E-state index contributed by atoms with van der Waals surface area (Å²) in [4.78, 5) is 2.27. The van der Waals surface area contributed by atoms with Crippen molar-refractivity contribution in [1.82, 2.24) is 9.21 Å². The van der Waals surface area contributed by atoms with Crippen LogP contribution < -0.4 is 0 Å². The second-order valence-electron chi connectivity index (χ2n) is 5.70. The van der Waals surface area contributed by atoms with Crippen LogP contribution in [0.25, 0.3) is 0 Å². The molecule has 2 aliphatic rings. The molecule has 2 fully saturated rings. The van der Waals surface area contributed by atoms with E-state index in [-0.39, 0.29) is 0 Å². The molecule has 0 bridgehead atoms. The number of hydrogen-bond acceptors (Lipinski definition) is 4. The van der Waals surface area contributed by atoms with Crippen molar-refractivity contribution in [2.24, 2.45) is 5.92 Å². The molecule has 1 saturated carbocycles. The largest absolute Gasteiger partial charge is 0.379 e. The summed E-state index contributed by atoms with van der Waals surface area (Å²) in [5.41, 5.74) is 0. The standard InChI is InChI=1S/C13H26N2O3S/c1-14(6-7-15-8-10-18-11-9-15)19(16,17)12-13-4-2-3-5-13/h13H,2-12H2,1H3. The zero-order chi connectivity index (χ0) is 13.7. The van der Waals surface area contributed by atoms with E-state index < -0.39 is 10.0 Å². The predicted molar refractivity (Wildman–Crippen MR) is 75.6 cm³/mol. The highest BCUT2D eigenvalue weighted by Crippen LogP contribution is 2.26. The van der Waals surface area contributed by atoms with E-state index in [1.54, 1.807) is 11.4 Å². The minimum atomic E-state index is -3.07. The first-order valence-corrected chi connectivity index (χ1v) is 8.93. The van der Waals surface area contributed by atoms with Crippen LogP contribution in [-0.2, 0) is 14.8 Å². The average molecular weight is 290 g/mol. The van der Waals surface area contributed by atoms with Crippen LogP contribution in [0.15, 0.2) is 0 Å². The molecule has 0 aromatic carbocycles. The van der Waals surface area contributed by atoms with E-state index in [4.69, 9.17) is 4.74 Å². The molecule has 112 valence electrons. The number of likely N-dealkylation sites (N-methyl/N-ethyl adjacent to an activating group) is 1. The fourth-order valence-electron chi connectivity index (χ4n) is 2.85. The number of morpholine rings is 1. The molecule has 1 heterocycles. The fourth-order valence-corrected chi connectivity index (χ4v) is 4.39. The Morgan fingerprint density at radius 2 is 1.84 bits per heavy atom. The zero-order valence-corrected chi connectivity index (χ0v) is 12.7. The summed E-state index contributed by atoms with van der Waals surface area (Å²) < 4.78 is 31.3. The molecular formula is C13H26N2O3S. The Labute approximate surface area is 117 Å². The van der Waals surface area contributed by atoms with Crippen LogP contribution >= 0.6 is 0 Å². The Morgan fingerprint density at radius 3 is 2.47 bits per heavy atom. The highest BCUT2D eigenvalue weighted by atomic mass is 32.2. The van der Waals surface area contributed by atoms with Gasteiger partial charge in [0.15, 0.2) is 0 Å². The molecule has 1 aliphatic carbocycles. The lowest BCUT2D eigenvalue weighted by atomic mass is 10.1. The van der Waals surface area contributed by atoms with E-state index in [1.165, 1.54) is 12.8 Å². The second-order valence-corrected chi connectivity index (χ2v) is 7.83. The second kappa shape index (κ2) is 7.02. The van der Waals surface area contributed by atoms with Gasteiger partial charge < -0.3 is 4.74 Å². The zero-order valence-electron chi connectivity index (χ0n) is 11.9. The molecule has 1 saturated heterocycles. The van der Waals surface area contributed by atoms with Gasteiger partial charge in [0, 0.05) is 33.2 Å². The van der Waals surface area contributed by atoms with Crippen molar-refractivity contribution in [2.75, 3.05) is 52.2 Å². The number of ether oxygens (including phenoxy) is 1. The third-order valence-electron chi connectivity index (χ3n) is 4.23. The molecule has 0 N–H and O–H groups in total. The van der Waals surface area contributed by atoms with Crippen LogP contribution in [0.1, 0.15) is 25.7 Å². The summed E-state index contributed by atoms with van der Waals surface area (Å²) >= 11 is 0. The summed E-state index contributed by atoms with van der Waals surface area (Å²) in [7, 11) is -1.36. The van der Waals surface area contributed by atoms with E-state index in [0.29, 0.717) is 18.2 Å². The summed E-state index contributed by atoms with van der Waals surface area (Å²) in [6, 6.07) is 0. The van der Waals surface area contributed by atoms with Crippen LogP contribution in [0, 0.1) is 5.92 Å².